The van der Waals surface area contributed by atoms with Crippen LogP contribution in [0.1, 0.15) is 31.4 Å². The molecule has 1 aromatic heterocycles. The number of halogens is 2. The molecule has 0 saturated heterocycles. The quantitative estimate of drug-likeness (QED) is 0.224. The average molecular weight is 559 g/mol. The van der Waals surface area contributed by atoms with Crippen LogP contribution in [0.25, 0.3) is 28.1 Å². The van der Waals surface area contributed by atoms with Crippen molar-refractivity contribution < 1.29 is 4.74 Å². The van der Waals surface area contributed by atoms with Crippen molar-refractivity contribution in [2.24, 2.45) is 4.99 Å². The van der Waals surface area contributed by atoms with Crippen LogP contribution in [0.5, 0.6) is 0 Å². The Morgan fingerprint density at radius 3 is 2.51 bits per heavy atom. The Hall–Kier alpha value is -3.45. The Labute approximate surface area is 237 Å². The van der Waals surface area contributed by atoms with Crippen molar-refractivity contribution in [1.82, 2.24) is 14.5 Å². The molecule has 39 heavy (non-hydrogen) atoms. The number of anilines is 2. The van der Waals surface area contributed by atoms with Gasteiger partial charge >= 0.3 is 0 Å². The third-order valence-electron chi connectivity index (χ3n) is 7.43. The summed E-state index contributed by atoms with van der Waals surface area (Å²) in [6, 6.07) is 22.2. The molecule has 1 aliphatic heterocycles. The average Bonchev–Trinajstić information content (AvgIpc) is 2.95. The summed E-state index contributed by atoms with van der Waals surface area (Å²) in [6.45, 7) is 2.00. The highest BCUT2D eigenvalue weighted by molar-refractivity contribution is 6.42. The van der Waals surface area contributed by atoms with Gasteiger partial charge in [0, 0.05) is 19.0 Å². The molecule has 1 fully saturated rings. The van der Waals surface area contributed by atoms with Gasteiger partial charge in [0.1, 0.15) is 0 Å². The predicted molar refractivity (Wildman–Crippen MR) is 159 cm³/mol. The van der Waals surface area contributed by atoms with E-state index in [1.54, 1.807) is 13.3 Å². The van der Waals surface area contributed by atoms with Crippen molar-refractivity contribution in [3.8, 4) is 17.1 Å². The molecule has 3 aliphatic rings. The zero-order chi connectivity index (χ0) is 26.9. The lowest BCUT2D eigenvalue weighted by atomic mass is 9.93. The van der Waals surface area contributed by atoms with Crippen molar-refractivity contribution in [2.75, 3.05) is 12.4 Å². The smallest absolute Gasteiger partial charge is 0.0900 e. The molecule has 1 saturated carbocycles. The third kappa shape index (κ3) is 5.24. The molecule has 2 heterocycles. The number of hydrogen-bond acceptors (Lipinski definition) is 5. The number of nitrogens with one attached hydrogen (secondary N) is 1. The highest BCUT2D eigenvalue weighted by Crippen LogP contribution is 2.33. The fraction of sp³-hybridized carbons (Fsp3) is 0.258. The van der Waals surface area contributed by atoms with Crippen molar-refractivity contribution in [3.63, 3.8) is 0 Å². The first-order chi connectivity index (χ1) is 19.0. The first-order valence-electron chi connectivity index (χ1n) is 13.2. The van der Waals surface area contributed by atoms with E-state index in [2.05, 4.69) is 33.1 Å². The van der Waals surface area contributed by atoms with Gasteiger partial charge in [0.05, 0.1) is 67.0 Å². The molecule has 0 radical (unpaired) electrons. The monoisotopic (exact) mass is 557 g/mol. The Balaban J connectivity index is 1.59. The molecule has 2 aromatic carbocycles. The third-order valence-corrected chi connectivity index (χ3v) is 8.17. The number of ether oxygens (including phenoxy) is 1. The summed E-state index contributed by atoms with van der Waals surface area (Å²) < 4.78 is 7.77. The second-order valence-electron chi connectivity index (χ2n) is 9.95. The minimum Gasteiger partial charge on any atom is -0.381 e. The van der Waals surface area contributed by atoms with Gasteiger partial charge in [-0.05, 0) is 87.2 Å². The van der Waals surface area contributed by atoms with Gasteiger partial charge in [-0.3, -0.25) is 9.98 Å². The molecule has 6 nitrogen and oxygen atoms in total. The largest absolute Gasteiger partial charge is 0.381 e. The van der Waals surface area contributed by atoms with Crippen LogP contribution in [0, 0.1) is 6.92 Å². The molecule has 3 aromatic rings. The van der Waals surface area contributed by atoms with E-state index in [0.29, 0.717) is 16.1 Å². The molecule has 0 spiro atoms. The Morgan fingerprint density at radius 1 is 0.923 bits per heavy atom. The van der Waals surface area contributed by atoms with Crippen molar-refractivity contribution in [2.45, 2.75) is 44.8 Å². The van der Waals surface area contributed by atoms with Gasteiger partial charge in [-0.25, -0.2) is 4.98 Å². The number of hydrogen-bond donors (Lipinski definition) is 1. The molecule has 198 valence electrons. The van der Waals surface area contributed by atoms with E-state index in [1.807, 2.05) is 55.5 Å². The van der Waals surface area contributed by atoms with Crippen molar-refractivity contribution in [3.05, 3.63) is 94.0 Å². The van der Waals surface area contributed by atoms with Crippen LogP contribution in [0.3, 0.4) is 0 Å². The van der Waals surface area contributed by atoms with E-state index >= 15 is 0 Å². The number of para-hydroxylation sites is 2. The summed E-state index contributed by atoms with van der Waals surface area (Å²) in [5, 5.41) is 5.50. The van der Waals surface area contributed by atoms with Gasteiger partial charge in [0.2, 0.25) is 0 Å². The maximum Gasteiger partial charge on any atom is 0.0900 e. The summed E-state index contributed by atoms with van der Waals surface area (Å²) in [6.07, 6.45) is 6.12. The fourth-order valence-electron chi connectivity index (χ4n) is 5.32. The van der Waals surface area contributed by atoms with E-state index in [1.165, 1.54) is 0 Å². The lowest BCUT2D eigenvalue weighted by Crippen LogP contribution is -2.25. The molecule has 0 atom stereocenters. The molecular formula is C31H29Cl2N5O. The fourth-order valence-corrected chi connectivity index (χ4v) is 5.61. The first-order valence-corrected chi connectivity index (χ1v) is 13.9. The van der Waals surface area contributed by atoms with E-state index in [4.69, 9.17) is 37.9 Å². The van der Waals surface area contributed by atoms with Crippen molar-refractivity contribution >= 4 is 45.6 Å². The summed E-state index contributed by atoms with van der Waals surface area (Å²) in [5.74, 6) is 0. The van der Waals surface area contributed by atoms with Crippen molar-refractivity contribution in [1.29, 1.82) is 0 Å². The van der Waals surface area contributed by atoms with Crippen LogP contribution in [0.2, 0.25) is 10.0 Å². The van der Waals surface area contributed by atoms with Crippen LogP contribution in [0.15, 0.2) is 77.9 Å². The minimum atomic E-state index is 0.219. The number of aromatic nitrogens is 3. The van der Waals surface area contributed by atoms with E-state index in [0.717, 1.165) is 76.2 Å². The van der Waals surface area contributed by atoms with E-state index in [-0.39, 0.29) is 6.04 Å². The van der Waals surface area contributed by atoms with Crippen LogP contribution in [-0.4, -0.2) is 33.8 Å². The van der Waals surface area contributed by atoms with Gasteiger partial charge in [0.25, 0.3) is 0 Å². The second-order valence-corrected chi connectivity index (χ2v) is 10.8. The Morgan fingerprint density at radius 2 is 1.74 bits per heavy atom. The van der Waals surface area contributed by atoms with Crippen LogP contribution >= 0.6 is 23.2 Å². The van der Waals surface area contributed by atoms with E-state index in [9.17, 15) is 0 Å². The van der Waals surface area contributed by atoms with Crippen LogP contribution < -0.4 is 10.7 Å². The number of fused-ring (bicyclic) bond motifs is 2. The van der Waals surface area contributed by atoms with Crippen LogP contribution in [-0.2, 0) is 4.74 Å². The standard InChI is InChI=1S/C31H29Cl2N5O/c1-19-25(7-5-15-34-19)36-27-17-29-31(18-28(27)35-20-9-12-22(39-2)13-10-20)38(21-11-14-23(32)24(33)16-21)30-8-4-3-6-26(30)37-29/h3-8,11,14-18,20,22,36H,9-10,12-13H2,1-2H3/b35-28+. The zero-order valence-electron chi connectivity index (χ0n) is 21.9. The molecule has 8 heteroatoms. The highest BCUT2D eigenvalue weighted by Gasteiger charge is 2.22. The highest BCUT2D eigenvalue weighted by atomic mass is 35.5. The van der Waals surface area contributed by atoms with Gasteiger partial charge < -0.3 is 14.6 Å². The van der Waals surface area contributed by atoms with E-state index < -0.39 is 0 Å². The van der Waals surface area contributed by atoms with Gasteiger partial charge in [0.15, 0.2) is 0 Å². The molecular weight excluding hydrogens is 529 g/mol. The number of aryl methyl sites for hydroxylation is 1. The summed E-state index contributed by atoms with van der Waals surface area (Å²) >= 11 is 12.8. The zero-order valence-corrected chi connectivity index (χ0v) is 23.4. The topological polar surface area (TPSA) is 64.3 Å². The molecule has 0 bridgehead atoms. The SMILES string of the molecule is COC1CCC(/N=c2\cc3n(-c4ccc(Cl)c(Cl)c4)c4ccccc4nc-3cc2Nc2cccnc2C)CC1. The normalized spacial score (nSPS) is 18.1. The lowest BCUT2D eigenvalue weighted by molar-refractivity contribution is 0.0663. The molecule has 0 unspecified atom stereocenters. The molecule has 0 amide bonds. The summed E-state index contributed by atoms with van der Waals surface area (Å²) in [7, 11) is 1.79. The summed E-state index contributed by atoms with van der Waals surface area (Å²) in [5.41, 5.74) is 7.28. The van der Waals surface area contributed by atoms with Gasteiger partial charge in [-0.2, -0.15) is 0 Å². The van der Waals surface area contributed by atoms with Gasteiger partial charge in [-0.1, -0.05) is 35.3 Å². The number of benzene rings is 3. The summed E-state index contributed by atoms with van der Waals surface area (Å²) in [4.78, 5) is 14.8. The Kier molecular flexibility index (Phi) is 7.26. The maximum absolute atomic E-state index is 6.47. The second kappa shape index (κ2) is 11.0. The van der Waals surface area contributed by atoms with Crippen LogP contribution in [0.4, 0.5) is 11.4 Å². The number of rotatable bonds is 5. The lowest BCUT2D eigenvalue weighted by Gasteiger charge is -2.25. The molecule has 1 N–H and O–H groups in total. The maximum atomic E-state index is 6.47. The number of nitrogens with zero attached hydrogens (tertiary/aromatic N) is 4. The molecule has 6 rings (SSSR count). The minimum absolute atomic E-state index is 0.219. The Bertz CT molecular complexity index is 1690. The van der Waals surface area contributed by atoms with Gasteiger partial charge in [-0.15, -0.1) is 0 Å². The number of methoxy groups -OCH3 is 1. The predicted octanol–water partition coefficient (Wildman–Crippen LogP) is 7.74. The molecule has 2 aliphatic carbocycles. The number of pyridine rings is 1. The first kappa shape index (κ1) is 25.8.